The van der Waals surface area contributed by atoms with Crippen LogP contribution in [0.3, 0.4) is 0 Å². The topological polar surface area (TPSA) is 59.4 Å². The smallest absolute Gasteiger partial charge is 0.303 e. The van der Waals surface area contributed by atoms with Gasteiger partial charge in [0.1, 0.15) is 10.8 Å². The molecule has 0 spiro atoms. The van der Waals surface area contributed by atoms with E-state index in [0.29, 0.717) is 12.5 Å². The summed E-state index contributed by atoms with van der Waals surface area (Å²) >= 11 is 1.78. The Morgan fingerprint density at radius 1 is 1.22 bits per heavy atom. The molecule has 3 aromatic rings. The quantitative estimate of drug-likeness (QED) is 0.399. The normalized spacial score (nSPS) is 15.2. The first-order chi connectivity index (χ1) is 15.4. The van der Waals surface area contributed by atoms with Crippen LogP contribution < -0.4 is 4.74 Å². The molecule has 0 radical (unpaired) electrons. The van der Waals surface area contributed by atoms with Gasteiger partial charge in [0, 0.05) is 16.9 Å². The number of rotatable bonds is 9. The maximum Gasteiger partial charge on any atom is 0.303 e. The molecule has 0 bridgehead atoms. The third-order valence-electron chi connectivity index (χ3n) is 6.27. The van der Waals surface area contributed by atoms with Gasteiger partial charge in [0.2, 0.25) is 0 Å². The molecule has 1 aromatic heterocycles. The zero-order chi connectivity index (χ0) is 22.7. The van der Waals surface area contributed by atoms with Crippen LogP contribution >= 0.6 is 11.3 Å². The Morgan fingerprint density at radius 2 is 2.00 bits per heavy atom. The number of carbonyl (C=O) groups is 1. The first-order valence-corrected chi connectivity index (χ1v) is 12.3. The van der Waals surface area contributed by atoms with E-state index in [9.17, 15) is 4.79 Å². The Bertz CT molecular complexity index is 1080. The summed E-state index contributed by atoms with van der Waals surface area (Å²) in [6.07, 6.45) is 3.79. The van der Waals surface area contributed by atoms with Crippen molar-refractivity contribution in [2.24, 2.45) is 0 Å². The van der Waals surface area contributed by atoms with Crippen molar-refractivity contribution < 1.29 is 14.6 Å². The molecular weight excluding hydrogens is 418 g/mol. The van der Waals surface area contributed by atoms with Crippen molar-refractivity contribution in [3.63, 3.8) is 0 Å². The van der Waals surface area contributed by atoms with Gasteiger partial charge in [0.15, 0.2) is 0 Å². The van der Waals surface area contributed by atoms with Crippen LogP contribution in [0.2, 0.25) is 0 Å². The molecule has 1 N–H and O–H groups in total. The van der Waals surface area contributed by atoms with Gasteiger partial charge in [-0.1, -0.05) is 51.1 Å². The number of aliphatic carboxylic acids is 1. The van der Waals surface area contributed by atoms with E-state index >= 15 is 0 Å². The molecule has 4 rings (SSSR count). The summed E-state index contributed by atoms with van der Waals surface area (Å²) in [5.41, 5.74) is 6.04. The molecule has 2 aromatic carbocycles. The van der Waals surface area contributed by atoms with Gasteiger partial charge < -0.3 is 9.84 Å². The monoisotopic (exact) mass is 449 g/mol. The minimum Gasteiger partial charge on any atom is -0.493 e. The number of nitrogens with zero attached hydrogens (tertiary/aromatic N) is 1. The van der Waals surface area contributed by atoms with E-state index in [1.54, 1.807) is 11.3 Å². The fourth-order valence-corrected chi connectivity index (χ4v) is 5.50. The van der Waals surface area contributed by atoms with E-state index in [2.05, 4.69) is 51.1 Å². The van der Waals surface area contributed by atoms with E-state index in [4.69, 9.17) is 14.8 Å². The molecule has 1 heterocycles. The van der Waals surface area contributed by atoms with E-state index in [1.165, 1.54) is 27.1 Å². The second-order valence-corrected chi connectivity index (χ2v) is 9.90. The van der Waals surface area contributed by atoms with Gasteiger partial charge in [0.25, 0.3) is 0 Å². The largest absolute Gasteiger partial charge is 0.493 e. The molecule has 0 fully saturated rings. The van der Waals surface area contributed by atoms with Crippen LogP contribution in [0, 0.1) is 0 Å². The average molecular weight is 450 g/mol. The first-order valence-electron chi connectivity index (χ1n) is 11.5. The molecule has 0 amide bonds. The highest BCUT2D eigenvalue weighted by Crippen LogP contribution is 2.37. The highest BCUT2D eigenvalue weighted by atomic mass is 32.1. The molecule has 4 nitrogen and oxygen atoms in total. The zero-order valence-corrected chi connectivity index (χ0v) is 19.9. The SMILES string of the molecule is CCc1sc(-c2ccc(C(C)C)cc2)nc1CCOc1ccc2c(c1)CC[C@H]2CC(=O)O. The average Bonchev–Trinajstić information content (AvgIpc) is 3.37. The third-order valence-corrected chi connectivity index (χ3v) is 7.56. The fraction of sp³-hybridized carbons (Fsp3) is 0.407. The predicted molar refractivity (Wildman–Crippen MR) is 130 cm³/mol. The van der Waals surface area contributed by atoms with E-state index in [0.717, 1.165) is 42.1 Å². The Balaban J connectivity index is 1.40. The Hall–Kier alpha value is -2.66. The van der Waals surface area contributed by atoms with Crippen molar-refractivity contribution in [2.45, 2.75) is 64.7 Å². The lowest BCUT2D eigenvalue weighted by atomic mass is 9.98. The van der Waals surface area contributed by atoms with E-state index in [1.807, 2.05) is 12.1 Å². The molecule has 0 unspecified atom stereocenters. The van der Waals surface area contributed by atoms with Crippen LogP contribution in [0.15, 0.2) is 42.5 Å². The van der Waals surface area contributed by atoms with Gasteiger partial charge in [-0.05, 0) is 59.9 Å². The highest BCUT2D eigenvalue weighted by Gasteiger charge is 2.25. The summed E-state index contributed by atoms with van der Waals surface area (Å²) in [6, 6.07) is 14.9. The van der Waals surface area contributed by atoms with Crippen LogP contribution in [0.25, 0.3) is 10.6 Å². The van der Waals surface area contributed by atoms with Crippen LogP contribution in [-0.2, 0) is 24.1 Å². The van der Waals surface area contributed by atoms with Crippen LogP contribution in [0.4, 0.5) is 0 Å². The minimum atomic E-state index is -0.728. The minimum absolute atomic E-state index is 0.131. The molecule has 1 atom stereocenters. The summed E-state index contributed by atoms with van der Waals surface area (Å²) in [5, 5.41) is 10.2. The predicted octanol–water partition coefficient (Wildman–Crippen LogP) is 6.62. The van der Waals surface area contributed by atoms with Crippen LogP contribution in [0.5, 0.6) is 5.75 Å². The second-order valence-electron chi connectivity index (χ2n) is 8.81. The van der Waals surface area contributed by atoms with Gasteiger partial charge in [-0.2, -0.15) is 0 Å². The lowest BCUT2D eigenvalue weighted by Gasteiger charge is -2.11. The number of carboxylic acids is 1. The fourth-order valence-electron chi connectivity index (χ4n) is 4.45. The van der Waals surface area contributed by atoms with Crippen LogP contribution in [0.1, 0.15) is 72.7 Å². The molecule has 0 aliphatic heterocycles. The third kappa shape index (κ3) is 5.04. The molecule has 1 aliphatic rings. The molecule has 5 heteroatoms. The standard InChI is InChI=1S/C27H31NO3S/c1-4-25-24(28-27(32-25)19-7-5-18(6-8-19)17(2)3)13-14-31-22-11-12-23-20(15-22)9-10-21(23)16-26(29)30/h5-8,11-12,15,17,21H,4,9-10,13-14,16H2,1-3H3,(H,29,30)/t21-/m0/s1. The lowest BCUT2D eigenvalue weighted by Crippen LogP contribution is -2.04. The van der Waals surface area contributed by atoms with Gasteiger partial charge in [-0.25, -0.2) is 4.98 Å². The van der Waals surface area contributed by atoms with E-state index in [-0.39, 0.29) is 12.3 Å². The van der Waals surface area contributed by atoms with Crippen molar-refractivity contribution in [3.8, 4) is 16.3 Å². The molecule has 1 aliphatic carbocycles. The zero-order valence-electron chi connectivity index (χ0n) is 19.1. The van der Waals surface area contributed by atoms with Crippen molar-refractivity contribution in [1.29, 1.82) is 0 Å². The number of fused-ring (bicyclic) bond motifs is 1. The Morgan fingerprint density at radius 3 is 2.69 bits per heavy atom. The summed E-state index contributed by atoms with van der Waals surface area (Å²) < 4.78 is 6.06. The number of aromatic nitrogens is 1. The van der Waals surface area contributed by atoms with Crippen molar-refractivity contribution in [3.05, 3.63) is 69.7 Å². The molecular formula is C27H31NO3S. The summed E-state index contributed by atoms with van der Waals surface area (Å²) in [4.78, 5) is 17.3. The van der Waals surface area contributed by atoms with E-state index < -0.39 is 5.97 Å². The number of hydrogen-bond acceptors (Lipinski definition) is 4. The maximum absolute atomic E-state index is 11.1. The maximum atomic E-state index is 11.1. The Kier molecular flexibility index (Phi) is 6.95. The van der Waals surface area contributed by atoms with Gasteiger partial charge in [0.05, 0.1) is 18.7 Å². The molecule has 168 valence electrons. The van der Waals surface area contributed by atoms with Gasteiger partial charge >= 0.3 is 5.97 Å². The molecule has 0 saturated heterocycles. The first kappa shape index (κ1) is 22.5. The summed E-state index contributed by atoms with van der Waals surface area (Å²) in [6.45, 7) is 7.18. The number of benzene rings is 2. The van der Waals surface area contributed by atoms with Crippen LogP contribution in [-0.4, -0.2) is 22.7 Å². The number of carboxylic acid groups (broad SMARTS) is 1. The number of ether oxygens (including phenoxy) is 1. The summed E-state index contributed by atoms with van der Waals surface area (Å²) in [5.74, 6) is 0.791. The highest BCUT2D eigenvalue weighted by molar-refractivity contribution is 7.15. The van der Waals surface area contributed by atoms with Crippen molar-refractivity contribution >= 4 is 17.3 Å². The lowest BCUT2D eigenvalue weighted by molar-refractivity contribution is -0.137. The molecule has 0 saturated carbocycles. The molecule has 32 heavy (non-hydrogen) atoms. The van der Waals surface area contributed by atoms with Gasteiger partial charge in [-0.3, -0.25) is 4.79 Å². The number of thiazole rings is 1. The second kappa shape index (κ2) is 9.86. The van der Waals surface area contributed by atoms with Crippen molar-refractivity contribution in [1.82, 2.24) is 4.98 Å². The number of hydrogen-bond donors (Lipinski definition) is 1. The number of aryl methyl sites for hydroxylation is 2. The van der Waals surface area contributed by atoms with Gasteiger partial charge in [-0.15, -0.1) is 11.3 Å². The Labute approximate surface area is 194 Å². The van der Waals surface area contributed by atoms with Crippen molar-refractivity contribution in [2.75, 3.05) is 6.61 Å². The summed E-state index contributed by atoms with van der Waals surface area (Å²) in [7, 11) is 0.